The molecular formula is C22H36IN5O3S. The van der Waals surface area contributed by atoms with Gasteiger partial charge in [0.05, 0.1) is 11.4 Å². The molecule has 1 unspecified atom stereocenters. The predicted octanol–water partition coefficient (Wildman–Crippen LogP) is 2.53. The first-order valence-corrected chi connectivity index (χ1v) is 12.7. The van der Waals surface area contributed by atoms with Crippen LogP contribution < -0.4 is 11.1 Å². The van der Waals surface area contributed by atoms with Gasteiger partial charge in [0.25, 0.3) is 0 Å². The summed E-state index contributed by atoms with van der Waals surface area (Å²) in [7, 11) is -3.46. The first-order chi connectivity index (χ1) is 14.9. The zero-order chi connectivity index (χ0) is 22.3. The molecule has 0 bridgehead atoms. The standard InChI is InChI=1S/C22H35N5O3S.HI/c1-2-24-22(26-11-7-9-19(17-26)15-21(23)28)25-16-18-8-6-10-20(14-18)31(29,30)27-12-4-3-5-13-27;/h6,8,10,14,19H,2-5,7,9,11-13,15-17H2,1H3,(H2,23,28)(H,24,25);1H. The molecule has 3 rings (SSSR count). The van der Waals surface area contributed by atoms with Crippen LogP contribution in [0.15, 0.2) is 34.2 Å². The lowest BCUT2D eigenvalue weighted by Crippen LogP contribution is -2.47. The number of hydrogen-bond acceptors (Lipinski definition) is 4. The fraction of sp³-hybridized carbons (Fsp3) is 0.636. The van der Waals surface area contributed by atoms with Crippen molar-refractivity contribution in [2.75, 3.05) is 32.7 Å². The second kappa shape index (κ2) is 12.7. The number of hydrogen-bond donors (Lipinski definition) is 2. The number of halogens is 1. The first-order valence-electron chi connectivity index (χ1n) is 11.3. The number of nitrogens with zero attached hydrogens (tertiary/aromatic N) is 3. The quantitative estimate of drug-likeness (QED) is 0.294. The molecule has 10 heteroatoms. The number of guanidine groups is 1. The van der Waals surface area contributed by atoms with Gasteiger partial charge in [0.1, 0.15) is 0 Å². The summed E-state index contributed by atoms with van der Waals surface area (Å²) in [6.07, 6.45) is 5.31. The zero-order valence-corrected chi connectivity index (χ0v) is 22.0. The first kappa shape index (κ1) is 26.8. The molecule has 2 aliphatic rings. The van der Waals surface area contributed by atoms with Crippen molar-refractivity contribution in [3.63, 3.8) is 0 Å². The maximum Gasteiger partial charge on any atom is 0.243 e. The van der Waals surface area contributed by atoms with E-state index in [0.717, 1.165) is 63.3 Å². The van der Waals surface area contributed by atoms with Crippen LogP contribution in [0.5, 0.6) is 0 Å². The number of sulfonamides is 1. The van der Waals surface area contributed by atoms with Crippen LogP contribution in [-0.4, -0.2) is 62.2 Å². The molecule has 1 amide bonds. The van der Waals surface area contributed by atoms with Crippen LogP contribution in [0.1, 0.15) is 51.0 Å². The van der Waals surface area contributed by atoms with Crippen LogP contribution >= 0.6 is 24.0 Å². The Morgan fingerprint density at radius 2 is 1.94 bits per heavy atom. The van der Waals surface area contributed by atoms with Crippen molar-refractivity contribution in [1.29, 1.82) is 0 Å². The van der Waals surface area contributed by atoms with E-state index in [1.807, 2.05) is 13.0 Å². The zero-order valence-electron chi connectivity index (χ0n) is 18.8. The van der Waals surface area contributed by atoms with Gasteiger partial charge in [-0.3, -0.25) is 4.79 Å². The lowest BCUT2D eigenvalue weighted by molar-refractivity contribution is -0.119. The number of nitrogens with two attached hydrogens (primary N) is 1. The molecule has 0 spiro atoms. The average molecular weight is 578 g/mol. The maximum atomic E-state index is 13.0. The minimum atomic E-state index is -3.46. The van der Waals surface area contributed by atoms with Crippen molar-refractivity contribution in [2.45, 2.75) is 56.9 Å². The highest BCUT2D eigenvalue weighted by atomic mass is 127. The minimum Gasteiger partial charge on any atom is -0.370 e. The summed E-state index contributed by atoms with van der Waals surface area (Å²) >= 11 is 0. The fourth-order valence-electron chi connectivity index (χ4n) is 4.36. The third-order valence-electron chi connectivity index (χ3n) is 5.91. The third kappa shape index (κ3) is 7.31. The summed E-state index contributed by atoms with van der Waals surface area (Å²) in [5.74, 6) is 0.773. The van der Waals surface area contributed by atoms with Crippen molar-refractivity contribution < 1.29 is 13.2 Å². The molecule has 0 aromatic heterocycles. The molecule has 1 atom stereocenters. The Balaban J connectivity index is 0.00000363. The summed E-state index contributed by atoms with van der Waals surface area (Å²) in [5, 5.41) is 3.33. The van der Waals surface area contributed by atoms with Gasteiger partial charge < -0.3 is 16.0 Å². The van der Waals surface area contributed by atoms with E-state index in [0.29, 0.717) is 31.0 Å². The van der Waals surface area contributed by atoms with Gasteiger partial charge in [-0.05, 0) is 56.2 Å². The van der Waals surface area contributed by atoms with Crippen LogP contribution in [0, 0.1) is 5.92 Å². The smallest absolute Gasteiger partial charge is 0.243 e. The lowest BCUT2D eigenvalue weighted by Gasteiger charge is -2.34. The van der Waals surface area contributed by atoms with E-state index in [2.05, 4.69) is 10.2 Å². The summed E-state index contributed by atoms with van der Waals surface area (Å²) in [5.41, 5.74) is 6.25. The number of carbonyl (C=O) groups excluding carboxylic acids is 1. The monoisotopic (exact) mass is 577 g/mol. The van der Waals surface area contributed by atoms with Crippen molar-refractivity contribution in [3.05, 3.63) is 29.8 Å². The highest BCUT2D eigenvalue weighted by Crippen LogP contribution is 2.22. The number of aliphatic imine (C=N–C) groups is 1. The van der Waals surface area contributed by atoms with Crippen molar-refractivity contribution >= 4 is 45.9 Å². The molecule has 180 valence electrons. The van der Waals surface area contributed by atoms with E-state index in [-0.39, 0.29) is 35.8 Å². The van der Waals surface area contributed by atoms with Crippen LogP contribution in [-0.2, 0) is 21.4 Å². The Morgan fingerprint density at radius 3 is 2.62 bits per heavy atom. The van der Waals surface area contributed by atoms with Gasteiger partial charge in [-0.25, -0.2) is 13.4 Å². The van der Waals surface area contributed by atoms with E-state index in [4.69, 9.17) is 10.7 Å². The summed E-state index contributed by atoms with van der Waals surface area (Å²) < 4.78 is 27.6. The molecule has 0 saturated carbocycles. The highest BCUT2D eigenvalue weighted by molar-refractivity contribution is 14.0. The van der Waals surface area contributed by atoms with Gasteiger partial charge in [-0.15, -0.1) is 24.0 Å². The highest BCUT2D eigenvalue weighted by Gasteiger charge is 2.26. The predicted molar refractivity (Wildman–Crippen MR) is 137 cm³/mol. The molecule has 2 fully saturated rings. The molecule has 32 heavy (non-hydrogen) atoms. The van der Waals surface area contributed by atoms with Gasteiger partial charge in [-0.1, -0.05) is 18.6 Å². The number of piperidine rings is 2. The van der Waals surface area contributed by atoms with E-state index < -0.39 is 10.0 Å². The molecule has 2 heterocycles. The molecule has 0 aliphatic carbocycles. The molecule has 0 radical (unpaired) electrons. The lowest BCUT2D eigenvalue weighted by atomic mass is 9.95. The number of amides is 1. The van der Waals surface area contributed by atoms with E-state index >= 15 is 0 Å². The Bertz CT molecular complexity index is 887. The molecule has 1 aromatic rings. The largest absolute Gasteiger partial charge is 0.370 e. The van der Waals surface area contributed by atoms with Gasteiger partial charge in [-0.2, -0.15) is 4.31 Å². The fourth-order valence-corrected chi connectivity index (χ4v) is 5.95. The van der Waals surface area contributed by atoms with Crippen LogP contribution in [0.25, 0.3) is 0 Å². The second-order valence-electron chi connectivity index (χ2n) is 8.41. The molecule has 3 N–H and O–H groups in total. The molecular weight excluding hydrogens is 541 g/mol. The minimum absolute atomic E-state index is 0. The molecule has 2 saturated heterocycles. The van der Waals surface area contributed by atoms with Gasteiger partial charge >= 0.3 is 0 Å². The van der Waals surface area contributed by atoms with Crippen LogP contribution in [0.4, 0.5) is 0 Å². The van der Waals surface area contributed by atoms with Crippen molar-refractivity contribution in [2.24, 2.45) is 16.6 Å². The van der Waals surface area contributed by atoms with Crippen LogP contribution in [0.2, 0.25) is 0 Å². The van der Waals surface area contributed by atoms with Gasteiger partial charge in [0.2, 0.25) is 15.9 Å². The maximum absolute atomic E-state index is 13.0. The molecule has 8 nitrogen and oxygen atoms in total. The average Bonchev–Trinajstić information content (AvgIpc) is 2.77. The SMILES string of the molecule is CCNC(=NCc1cccc(S(=O)(=O)N2CCCCC2)c1)N1CCCC(CC(N)=O)C1.I. The second-order valence-corrected chi connectivity index (χ2v) is 10.3. The van der Waals surface area contributed by atoms with Gasteiger partial charge in [0.15, 0.2) is 5.96 Å². The number of carbonyl (C=O) groups is 1. The Labute approximate surface area is 209 Å². The van der Waals surface area contributed by atoms with Crippen LogP contribution in [0.3, 0.4) is 0 Å². The van der Waals surface area contributed by atoms with Crippen molar-refractivity contribution in [1.82, 2.24) is 14.5 Å². The van der Waals surface area contributed by atoms with E-state index in [1.54, 1.807) is 22.5 Å². The van der Waals surface area contributed by atoms with E-state index in [1.165, 1.54) is 0 Å². The number of benzene rings is 1. The number of nitrogens with one attached hydrogen (secondary N) is 1. The van der Waals surface area contributed by atoms with E-state index in [9.17, 15) is 13.2 Å². The summed E-state index contributed by atoms with van der Waals surface area (Å²) in [4.78, 5) is 18.6. The Hall–Kier alpha value is -1.40. The number of rotatable bonds is 7. The topological polar surface area (TPSA) is 108 Å². The summed E-state index contributed by atoms with van der Waals surface area (Å²) in [6, 6.07) is 7.11. The molecule has 2 aliphatic heterocycles. The molecule has 1 aromatic carbocycles. The summed E-state index contributed by atoms with van der Waals surface area (Å²) in [6.45, 7) is 5.96. The normalized spacial score (nSPS) is 20.5. The number of primary amides is 1. The van der Waals surface area contributed by atoms with Crippen molar-refractivity contribution in [3.8, 4) is 0 Å². The third-order valence-corrected chi connectivity index (χ3v) is 7.80. The number of likely N-dealkylation sites (tertiary alicyclic amines) is 1. The van der Waals surface area contributed by atoms with Gasteiger partial charge in [0, 0.05) is 39.1 Å². The Morgan fingerprint density at radius 1 is 1.19 bits per heavy atom. The Kier molecular flexibility index (Phi) is 10.7.